The number of nitrogens with one attached hydrogen (secondary N) is 1. The molecule has 1 amide bonds. The molecule has 5 heteroatoms. The number of carbonyl (C=O) groups excluding carboxylic acids is 1. The van der Waals surface area contributed by atoms with E-state index < -0.39 is 0 Å². The van der Waals surface area contributed by atoms with Gasteiger partial charge in [0.2, 0.25) is 5.91 Å². The van der Waals surface area contributed by atoms with Crippen molar-refractivity contribution in [3.8, 4) is 0 Å². The van der Waals surface area contributed by atoms with Crippen LogP contribution in [-0.4, -0.2) is 54.0 Å². The van der Waals surface area contributed by atoms with Crippen LogP contribution in [0, 0.1) is 5.82 Å². The molecule has 2 heterocycles. The Hall–Kier alpha value is -1.46. The summed E-state index contributed by atoms with van der Waals surface area (Å²) in [6.07, 6.45) is 1.98. The van der Waals surface area contributed by atoms with Crippen LogP contribution in [0.25, 0.3) is 0 Å². The number of halogens is 1. The summed E-state index contributed by atoms with van der Waals surface area (Å²) in [4.78, 5) is 17.0. The largest absolute Gasteiger partial charge is 0.339 e. The lowest BCUT2D eigenvalue weighted by Gasteiger charge is -2.35. The zero-order valence-corrected chi connectivity index (χ0v) is 13.1. The minimum absolute atomic E-state index is 0.0182. The van der Waals surface area contributed by atoms with Gasteiger partial charge in [0.25, 0.3) is 0 Å². The fourth-order valence-corrected chi connectivity index (χ4v) is 3.46. The highest BCUT2D eigenvalue weighted by Gasteiger charge is 2.34. The summed E-state index contributed by atoms with van der Waals surface area (Å²) in [6.45, 7) is 6.24. The Labute approximate surface area is 131 Å². The maximum atomic E-state index is 13.0. The first-order valence-corrected chi connectivity index (χ1v) is 8.14. The van der Waals surface area contributed by atoms with Gasteiger partial charge in [-0.3, -0.25) is 9.69 Å². The van der Waals surface area contributed by atoms with E-state index in [9.17, 15) is 9.18 Å². The third-order valence-corrected chi connectivity index (χ3v) is 4.63. The third kappa shape index (κ3) is 3.47. The van der Waals surface area contributed by atoms with Crippen molar-refractivity contribution in [1.29, 1.82) is 0 Å². The average molecular weight is 305 g/mol. The second-order valence-corrected chi connectivity index (χ2v) is 6.39. The van der Waals surface area contributed by atoms with E-state index >= 15 is 0 Å². The van der Waals surface area contributed by atoms with Gasteiger partial charge in [0.05, 0.1) is 6.04 Å². The number of piperazine rings is 1. The molecule has 3 rings (SSSR count). The fourth-order valence-electron chi connectivity index (χ4n) is 3.46. The fraction of sp³-hybridized carbons (Fsp3) is 0.588. The van der Waals surface area contributed by atoms with Crippen molar-refractivity contribution < 1.29 is 9.18 Å². The van der Waals surface area contributed by atoms with Gasteiger partial charge < -0.3 is 10.2 Å². The second kappa shape index (κ2) is 6.75. The lowest BCUT2D eigenvalue weighted by Crippen LogP contribution is -2.55. The SMILES string of the molecule is CC1CN(C(=O)C2CCCN2Cc2ccc(F)cc2)CCN1. The highest BCUT2D eigenvalue weighted by Crippen LogP contribution is 2.22. The van der Waals surface area contributed by atoms with E-state index in [2.05, 4.69) is 17.1 Å². The van der Waals surface area contributed by atoms with Crippen LogP contribution in [0.4, 0.5) is 4.39 Å². The highest BCUT2D eigenvalue weighted by molar-refractivity contribution is 5.82. The van der Waals surface area contributed by atoms with Gasteiger partial charge in [0.15, 0.2) is 0 Å². The van der Waals surface area contributed by atoms with E-state index in [0.717, 1.165) is 51.1 Å². The van der Waals surface area contributed by atoms with E-state index in [4.69, 9.17) is 0 Å². The van der Waals surface area contributed by atoms with Crippen molar-refractivity contribution in [2.24, 2.45) is 0 Å². The molecule has 2 fully saturated rings. The Morgan fingerprint density at radius 3 is 2.82 bits per heavy atom. The Balaban J connectivity index is 1.64. The van der Waals surface area contributed by atoms with Crippen molar-refractivity contribution in [2.45, 2.75) is 38.4 Å². The van der Waals surface area contributed by atoms with E-state index in [-0.39, 0.29) is 17.8 Å². The number of benzene rings is 1. The van der Waals surface area contributed by atoms with Crippen molar-refractivity contribution in [2.75, 3.05) is 26.2 Å². The third-order valence-electron chi connectivity index (χ3n) is 4.63. The molecule has 2 saturated heterocycles. The van der Waals surface area contributed by atoms with E-state index in [1.807, 2.05) is 17.0 Å². The molecule has 0 radical (unpaired) electrons. The topological polar surface area (TPSA) is 35.6 Å². The molecule has 2 atom stereocenters. The van der Waals surface area contributed by atoms with Gasteiger partial charge in [0, 0.05) is 32.2 Å². The smallest absolute Gasteiger partial charge is 0.240 e. The normalized spacial score (nSPS) is 26.4. The van der Waals surface area contributed by atoms with Gasteiger partial charge in [-0.2, -0.15) is 0 Å². The molecule has 2 unspecified atom stereocenters. The zero-order chi connectivity index (χ0) is 15.5. The quantitative estimate of drug-likeness (QED) is 0.921. The molecule has 1 aromatic rings. The zero-order valence-electron chi connectivity index (χ0n) is 13.1. The van der Waals surface area contributed by atoms with Crippen molar-refractivity contribution in [3.63, 3.8) is 0 Å². The van der Waals surface area contributed by atoms with Gasteiger partial charge in [0.1, 0.15) is 5.82 Å². The summed E-state index contributed by atoms with van der Waals surface area (Å²) in [5, 5.41) is 3.37. The molecule has 0 aromatic heterocycles. The second-order valence-electron chi connectivity index (χ2n) is 6.39. The Bertz CT molecular complexity index is 519. The molecule has 1 N–H and O–H groups in total. The van der Waals surface area contributed by atoms with Crippen LogP contribution in [0.2, 0.25) is 0 Å². The molecule has 0 bridgehead atoms. The summed E-state index contributed by atoms with van der Waals surface area (Å²) in [5.74, 6) is 0.0422. The lowest BCUT2D eigenvalue weighted by molar-refractivity contribution is -0.137. The van der Waals surface area contributed by atoms with Crippen LogP contribution in [0.15, 0.2) is 24.3 Å². The number of hydrogen-bond donors (Lipinski definition) is 1. The number of rotatable bonds is 3. The van der Waals surface area contributed by atoms with E-state index in [1.165, 1.54) is 12.1 Å². The van der Waals surface area contributed by atoms with E-state index in [0.29, 0.717) is 6.04 Å². The average Bonchev–Trinajstić information content (AvgIpc) is 2.97. The predicted octanol–water partition coefficient (Wildman–Crippen LogP) is 1.61. The summed E-state index contributed by atoms with van der Waals surface area (Å²) in [6, 6.07) is 6.94. The Morgan fingerprint density at radius 1 is 1.32 bits per heavy atom. The first-order chi connectivity index (χ1) is 10.6. The molecule has 120 valence electrons. The molecule has 0 saturated carbocycles. The van der Waals surface area contributed by atoms with Crippen LogP contribution in [0.3, 0.4) is 0 Å². The maximum Gasteiger partial charge on any atom is 0.240 e. The maximum absolute atomic E-state index is 13.0. The van der Waals surface area contributed by atoms with Crippen LogP contribution in [0.1, 0.15) is 25.3 Å². The predicted molar refractivity (Wildman–Crippen MR) is 83.9 cm³/mol. The van der Waals surface area contributed by atoms with Crippen molar-refractivity contribution in [1.82, 2.24) is 15.1 Å². The summed E-state index contributed by atoms with van der Waals surface area (Å²) < 4.78 is 13.0. The summed E-state index contributed by atoms with van der Waals surface area (Å²) in [7, 11) is 0. The minimum Gasteiger partial charge on any atom is -0.339 e. The Kier molecular flexibility index (Phi) is 4.74. The number of amides is 1. The Morgan fingerprint density at radius 2 is 2.09 bits per heavy atom. The number of nitrogens with zero attached hydrogens (tertiary/aromatic N) is 2. The monoisotopic (exact) mass is 305 g/mol. The van der Waals surface area contributed by atoms with Gasteiger partial charge >= 0.3 is 0 Å². The number of carbonyl (C=O) groups is 1. The molecule has 1 aromatic carbocycles. The summed E-state index contributed by atoms with van der Waals surface area (Å²) in [5.41, 5.74) is 1.06. The van der Waals surface area contributed by atoms with Gasteiger partial charge in [-0.1, -0.05) is 12.1 Å². The lowest BCUT2D eigenvalue weighted by atomic mass is 10.1. The van der Waals surface area contributed by atoms with Crippen LogP contribution in [-0.2, 0) is 11.3 Å². The molecular formula is C17H24FN3O. The minimum atomic E-state index is -0.215. The molecule has 0 aliphatic carbocycles. The van der Waals surface area contributed by atoms with Crippen LogP contribution >= 0.6 is 0 Å². The van der Waals surface area contributed by atoms with Crippen molar-refractivity contribution >= 4 is 5.91 Å². The van der Waals surface area contributed by atoms with Crippen LogP contribution in [0.5, 0.6) is 0 Å². The standard InChI is InChI=1S/C17H24FN3O/c1-13-11-21(10-8-19-13)17(22)16-3-2-9-20(16)12-14-4-6-15(18)7-5-14/h4-7,13,16,19H,2-3,8-12H2,1H3. The first-order valence-electron chi connectivity index (χ1n) is 8.14. The molecular weight excluding hydrogens is 281 g/mol. The molecule has 2 aliphatic heterocycles. The van der Waals surface area contributed by atoms with Gasteiger partial charge in [-0.05, 0) is 44.0 Å². The highest BCUT2D eigenvalue weighted by atomic mass is 19.1. The molecule has 4 nitrogen and oxygen atoms in total. The molecule has 2 aliphatic rings. The molecule has 22 heavy (non-hydrogen) atoms. The van der Waals surface area contributed by atoms with Gasteiger partial charge in [-0.15, -0.1) is 0 Å². The van der Waals surface area contributed by atoms with Crippen LogP contribution < -0.4 is 5.32 Å². The number of likely N-dealkylation sites (tertiary alicyclic amines) is 1. The van der Waals surface area contributed by atoms with Crippen molar-refractivity contribution in [3.05, 3.63) is 35.6 Å². The first kappa shape index (κ1) is 15.4. The molecule has 0 spiro atoms. The van der Waals surface area contributed by atoms with E-state index in [1.54, 1.807) is 0 Å². The van der Waals surface area contributed by atoms with Gasteiger partial charge in [-0.25, -0.2) is 4.39 Å². The summed E-state index contributed by atoms with van der Waals surface area (Å²) >= 11 is 0. The number of hydrogen-bond acceptors (Lipinski definition) is 3.